The SMILES string of the molecule is CC(C)(C)OCCOCCOCCOCC(O)COC(C)(C)C. The standard InChI is InChI=1S/C17H36O6/c1-16(2,3)22-12-11-20-8-7-19-9-10-21-13-15(18)14-23-17(4,5)6/h15,18H,7-14H2,1-6H3. The molecule has 0 amide bonds. The Bertz CT molecular complexity index is 269. The molecule has 0 aromatic carbocycles. The highest BCUT2D eigenvalue weighted by molar-refractivity contribution is 4.61. The number of rotatable bonds is 13. The van der Waals surface area contributed by atoms with Gasteiger partial charge in [0.15, 0.2) is 0 Å². The lowest BCUT2D eigenvalue weighted by molar-refractivity contribution is -0.0773. The molecule has 6 heteroatoms. The molecule has 0 saturated heterocycles. The number of ether oxygens (including phenoxy) is 5. The van der Waals surface area contributed by atoms with Gasteiger partial charge in [-0.05, 0) is 41.5 Å². The van der Waals surface area contributed by atoms with Crippen molar-refractivity contribution in [3.8, 4) is 0 Å². The van der Waals surface area contributed by atoms with Crippen molar-refractivity contribution in [1.82, 2.24) is 0 Å². The van der Waals surface area contributed by atoms with Crippen LogP contribution >= 0.6 is 0 Å². The Labute approximate surface area is 141 Å². The van der Waals surface area contributed by atoms with E-state index in [4.69, 9.17) is 23.7 Å². The van der Waals surface area contributed by atoms with Crippen LogP contribution in [-0.2, 0) is 23.7 Å². The van der Waals surface area contributed by atoms with Crippen molar-refractivity contribution in [1.29, 1.82) is 0 Å². The summed E-state index contributed by atoms with van der Waals surface area (Å²) in [5.74, 6) is 0. The van der Waals surface area contributed by atoms with Crippen molar-refractivity contribution >= 4 is 0 Å². The van der Waals surface area contributed by atoms with Crippen LogP contribution in [0.3, 0.4) is 0 Å². The first-order valence-corrected chi connectivity index (χ1v) is 8.29. The van der Waals surface area contributed by atoms with Crippen molar-refractivity contribution in [2.24, 2.45) is 0 Å². The van der Waals surface area contributed by atoms with E-state index < -0.39 is 6.10 Å². The van der Waals surface area contributed by atoms with Gasteiger partial charge in [-0.2, -0.15) is 0 Å². The molecular weight excluding hydrogens is 300 g/mol. The summed E-state index contributed by atoms with van der Waals surface area (Å²) >= 11 is 0. The average molecular weight is 336 g/mol. The third kappa shape index (κ3) is 19.7. The number of hydrogen-bond acceptors (Lipinski definition) is 6. The quantitative estimate of drug-likeness (QED) is 0.519. The zero-order chi connectivity index (χ0) is 17.8. The Morgan fingerprint density at radius 2 is 1.04 bits per heavy atom. The van der Waals surface area contributed by atoms with Crippen LogP contribution in [0.2, 0.25) is 0 Å². The lowest BCUT2D eigenvalue weighted by atomic mass is 10.2. The summed E-state index contributed by atoms with van der Waals surface area (Å²) in [7, 11) is 0. The monoisotopic (exact) mass is 336 g/mol. The smallest absolute Gasteiger partial charge is 0.101 e. The van der Waals surface area contributed by atoms with Crippen LogP contribution < -0.4 is 0 Å². The van der Waals surface area contributed by atoms with Gasteiger partial charge in [-0.15, -0.1) is 0 Å². The molecule has 0 bridgehead atoms. The maximum Gasteiger partial charge on any atom is 0.101 e. The van der Waals surface area contributed by atoms with Crippen LogP contribution in [0.1, 0.15) is 41.5 Å². The summed E-state index contributed by atoms with van der Waals surface area (Å²) in [6.07, 6.45) is -0.611. The van der Waals surface area contributed by atoms with E-state index in [9.17, 15) is 5.11 Å². The highest BCUT2D eigenvalue weighted by atomic mass is 16.6. The van der Waals surface area contributed by atoms with Gasteiger partial charge in [0.25, 0.3) is 0 Å². The number of aliphatic hydroxyl groups excluding tert-OH is 1. The molecule has 0 aromatic rings. The fourth-order valence-corrected chi connectivity index (χ4v) is 1.46. The third-order valence-corrected chi connectivity index (χ3v) is 2.53. The average Bonchev–Trinajstić information content (AvgIpc) is 2.40. The Morgan fingerprint density at radius 3 is 1.52 bits per heavy atom. The van der Waals surface area contributed by atoms with Gasteiger partial charge in [0.2, 0.25) is 0 Å². The van der Waals surface area contributed by atoms with E-state index in [1.54, 1.807) is 0 Å². The topological polar surface area (TPSA) is 66.4 Å². The maximum atomic E-state index is 9.67. The van der Waals surface area contributed by atoms with E-state index in [1.165, 1.54) is 0 Å². The summed E-state index contributed by atoms with van der Waals surface area (Å²) in [6.45, 7) is 15.6. The molecule has 0 aromatic heterocycles. The lowest BCUT2D eigenvalue weighted by Gasteiger charge is -2.21. The second kappa shape index (κ2) is 12.2. The van der Waals surface area contributed by atoms with Crippen LogP contribution in [0, 0.1) is 0 Å². The normalized spacial score (nSPS) is 14.2. The van der Waals surface area contributed by atoms with Crippen molar-refractivity contribution in [3.05, 3.63) is 0 Å². The van der Waals surface area contributed by atoms with Crippen molar-refractivity contribution < 1.29 is 28.8 Å². The van der Waals surface area contributed by atoms with E-state index in [-0.39, 0.29) is 24.4 Å². The number of hydrogen-bond donors (Lipinski definition) is 1. The molecule has 0 saturated carbocycles. The van der Waals surface area contributed by atoms with Gasteiger partial charge in [0.1, 0.15) is 6.10 Å². The fraction of sp³-hybridized carbons (Fsp3) is 1.00. The summed E-state index contributed by atoms with van der Waals surface area (Å²) in [6, 6.07) is 0. The molecule has 1 unspecified atom stereocenters. The van der Waals surface area contributed by atoms with E-state index in [0.29, 0.717) is 39.6 Å². The zero-order valence-corrected chi connectivity index (χ0v) is 15.7. The zero-order valence-electron chi connectivity index (χ0n) is 15.7. The van der Waals surface area contributed by atoms with Gasteiger partial charge >= 0.3 is 0 Å². The van der Waals surface area contributed by atoms with Crippen molar-refractivity contribution in [3.63, 3.8) is 0 Å². The van der Waals surface area contributed by atoms with Gasteiger partial charge in [0.05, 0.1) is 64.1 Å². The molecule has 1 N–H and O–H groups in total. The van der Waals surface area contributed by atoms with Crippen molar-refractivity contribution in [2.45, 2.75) is 58.8 Å². The largest absolute Gasteiger partial charge is 0.388 e. The molecule has 0 spiro atoms. The predicted octanol–water partition coefficient (Wildman–Crippen LogP) is 2.03. The minimum atomic E-state index is -0.611. The van der Waals surface area contributed by atoms with Crippen molar-refractivity contribution in [2.75, 3.05) is 52.9 Å². The summed E-state index contributed by atoms with van der Waals surface area (Å²) in [5.41, 5.74) is -0.373. The van der Waals surface area contributed by atoms with Gasteiger partial charge in [-0.3, -0.25) is 0 Å². The minimum absolute atomic E-state index is 0.125. The van der Waals surface area contributed by atoms with E-state index in [2.05, 4.69) is 0 Å². The summed E-state index contributed by atoms with van der Waals surface area (Å²) in [5, 5.41) is 9.67. The Hall–Kier alpha value is -0.240. The van der Waals surface area contributed by atoms with Gasteiger partial charge in [-0.25, -0.2) is 0 Å². The minimum Gasteiger partial charge on any atom is -0.388 e. The number of aliphatic hydroxyl groups is 1. The van der Waals surface area contributed by atoms with Gasteiger partial charge < -0.3 is 28.8 Å². The Morgan fingerprint density at radius 1 is 0.609 bits per heavy atom. The van der Waals surface area contributed by atoms with E-state index >= 15 is 0 Å². The predicted molar refractivity (Wildman–Crippen MR) is 89.9 cm³/mol. The lowest BCUT2D eigenvalue weighted by Crippen LogP contribution is -2.29. The van der Waals surface area contributed by atoms with Crippen LogP contribution in [0.4, 0.5) is 0 Å². The fourth-order valence-electron chi connectivity index (χ4n) is 1.46. The Kier molecular flexibility index (Phi) is 12.0. The molecule has 23 heavy (non-hydrogen) atoms. The first-order chi connectivity index (χ1) is 10.6. The molecule has 1 atom stereocenters. The second-order valence-electron chi connectivity index (χ2n) is 7.34. The molecular formula is C17H36O6. The van der Waals surface area contributed by atoms with Gasteiger partial charge in [-0.1, -0.05) is 0 Å². The summed E-state index contributed by atoms with van der Waals surface area (Å²) < 4.78 is 27.1. The molecule has 140 valence electrons. The molecule has 0 heterocycles. The van der Waals surface area contributed by atoms with Gasteiger partial charge in [0, 0.05) is 0 Å². The molecule has 0 rings (SSSR count). The molecule has 0 aliphatic carbocycles. The molecule has 6 nitrogen and oxygen atoms in total. The molecule has 0 radical (unpaired) electrons. The first-order valence-electron chi connectivity index (χ1n) is 8.29. The van der Waals surface area contributed by atoms with Crippen LogP contribution in [0.5, 0.6) is 0 Å². The van der Waals surface area contributed by atoms with E-state index in [0.717, 1.165) is 0 Å². The molecule has 0 aliphatic heterocycles. The van der Waals surface area contributed by atoms with Crippen LogP contribution in [0.15, 0.2) is 0 Å². The van der Waals surface area contributed by atoms with Crippen LogP contribution in [-0.4, -0.2) is 75.3 Å². The Balaban J connectivity index is 3.24. The third-order valence-electron chi connectivity index (χ3n) is 2.53. The second-order valence-corrected chi connectivity index (χ2v) is 7.34. The summed E-state index contributed by atoms with van der Waals surface area (Å²) in [4.78, 5) is 0. The molecule has 0 fully saturated rings. The maximum absolute atomic E-state index is 9.67. The first kappa shape index (κ1) is 22.8. The molecule has 0 aliphatic rings. The highest BCUT2D eigenvalue weighted by Gasteiger charge is 2.13. The van der Waals surface area contributed by atoms with E-state index in [1.807, 2.05) is 41.5 Å². The van der Waals surface area contributed by atoms with Crippen LogP contribution in [0.25, 0.3) is 0 Å². The highest BCUT2D eigenvalue weighted by Crippen LogP contribution is 2.07.